The van der Waals surface area contributed by atoms with Gasteiger partial charge in [-0.05, 0) is 40.8 Å². The molecule has 2 aromatic heterocycles. The van der Waals surface area contributed by atoms with Gasteiger partial charge in [0.25, 0.3) is 0 Å². The molecule has 0 spiro atoms. The molecular weight excluding hydrogens is 289 g/mol. The maximum Gasteiger partial charge on any atom is 0.235 e. The van der Waals surface area contributed by atoms with Crippen molar-refractivity contribution >= 4 is 39.4 Å². The predicted octanol–water partition coefficient (Wildman–Crippen LogP) is 2.49. The number of halogens is 1. The van der Waals surface area contributed by atoms with Gasteiger partial charge in [0.1, 0.15) is 3.70 Å². The molecule has 0 radical (unpaired) electrons. The third-order valence-corrected chi connectivity index (χ3v) is 2.75. The molecule has 68 valence electrons. The van der Waals surface area contributed by atoms with Crippen LogP contribution in [-0.4, -0.2) is 14.4 Å². The lowest BCUT2D eigenvalue weighted by Gasteiger charge is -1.93. The van der Waals surface area contributed by atoms with Crippen LogP contribution < -0.4 is 0 Å². The van der Waals surface area contributed by atoms with Crippen LogP contribution in [0.25, 0.3) is 16.8 Å². The van der Waals surface area contributed by atoms with E-state index >= 15 is 0 Å². The average molecular weight is 295 g/mol. The summed E-state index contributed by atoms with van der Waals surface area (Å²) < 4.78 is 2.96. The molecule has 0 bridgehead atoms. The molecule has 2 heterocycles. The zero-order chi connectivity index (χ0) is 9.54. The molecule has 0 amide bonds. The van der Waals surface area contributed by atoms with Gasteiger partial charge >= 0.3 is 0 Å². The lowest BCUT2D eigenvalue weighted by atomic mass is 10.3. The van der Waals surface area contributed by atoms with Gasteiger partial charge in [0.15, 0.2) is 0 Å². The summed E-state index contributed by atoms with van der Waals surface area (Å²) in [7, 11) is 0. The Balaban J connectivity index is 2.57. The molecule has 0 unspecified atom stereocenters. The lowest BCUT2D eigenvalue weighted by molar-refractivity contribution is 1.11. The van der Waals surface area contributed by atoms with Gasteiger partial charge in [-0.3, -0.25) is 4.40 Å². The van der Waals surface area contributed by atoms with Crippen LogP contribution in [0.5, 0.6) is 0 Å². The molecular formula is C10H6IN3. The van der Waals surface area contributed by atoms with Crippen LogP contribution in [0.3, 0.4) is 0 Å². The Morgan fingerprint density at radius 1 is 1.07 bits per heavy atom. The van der Waals surface area contributed by atoms with Crippen molar-refractivity contribution in [2.24, 2.45) is 0 Å². The lowest BCUT2D eigenvalue weighted by Crippen LogP contribution is -1.89. The molecule has 0 aliphatic rings. The molecule has 3 rings (SSSR count). The minimum absolute atomic E-state index is 0.762. The third kappa shape index (κ3) is 1.10. The van der Waals surface area contributed by atoms with Crippen molar-refractivity contribution in [3.05, 3.63) is 40.2 Å². The first-order chi connectivity index (χ1) is 6.84. The van der Waals surface area contributed by atoms with E-state index in [0.29, 0.717) is 0 Å². The SMILES string of the molecule is Ic1ccn2c(n1)nc1ccccc12. The van der Waals surface area contributed by atoms with Crippen LogP contribution >= 0.6 is 22.6 Å². The highest BCUT2D eigenvalue weighted by molar-refractivity contribution is 14.1. The number of nitrogens with zero attached hydrogens (tertiary/aromatic N) is 3. The quantitative estimate of drug-likeness (QED) is 0.471. The zero-order valence-corrected chi connectivity index (χ0v) is 9.34. The molecule has 0 fully saturated rings. The summed E-state index contributed by atoms with van der Waals surface area (Å²) >= 11 is 2.19. The van der Waals surface area contributed by atoms with E-state index in [2.05, 4.69) is 32.6 Å². The molecule has 4 heteroatoms. The largest absolute Gasteiger partial charge is 0.284 e. The highest BCUT2D eigenvalue weighted by atomic mass is 127. The standard InChI is InChI=1S/C10H6IN3/c11-9-5-6-14-8-4-2-1-3-7(8)12-10(14)13-9/h1-6H. The summed E-state index contributed by atoms with van der Waals surface area (Å²) in [6, 6.07) is 10.0. The Labute approximate surface area is 93.9 Å². The van der Waals surface area contributed by atoms with E-state index in [0.717, 1.165) is 20.5 Å². The number of imidazole rings is 1. The summed E-state index contributed by atoms with van der Waals surface area (Å²) in [5, 5.41) is 0. The summed E-state index contributed by atoms with van der Waals surface area (Å²) in [5.74, 6) is 0.762. The molecule has 3 nitrogen and oxygen atoms in total. The van der Waals surface area contributed by atoms with Gasteiger partial charge in [-0.2, -0.15) is 0 Å². The minimum Gasteiger partial charge on any atom is -0.284 e. The molecule has 0 saturated heterocycles. The van der Waals surface area contributed by atoms with Gasteiger partial charge in [0.2, 0.25) is 5.78 Å². The summed E-state index contributed by atoms with van der Waals surface area (Å²) in [5.41, 5.74) is 2.09. The number of hydrogen-bond donors (Lipinski definition) is 0. The summed E-state index contributed by atoms with van der Waals surface area (Å²) in [4.78, 5) is 8.77. The highest BCUT2D eigenvalue weighted by Gasteiger charge is 2.03. The normalized spacial score (nSPS) is 11.2. The minimum atomic E-state index is 0.762. The number of benzene rings is 1. The molecule has 3 aromatic rings. The van der Waals surface area contributed by atoms with E-state index in [-0.39, 0.29) is 0 Å². The van der Waals surface area contributed by atoms with Crippen molar-refractivity contribution in [2.45, 2.75) is 0 Å². The van der Waals surface area contributed by atoms with Gasteiger partial charge in [-0.1, -0.05) is 12.1 Å². The summed E-state index contributed by atoms with van der Waals surface area (Å²) in [6.45, 7) is 0. The van der Waals surface area contributed by atoms with Crippen molar-refractivity contribution in [2.75, 3.05) is 0 Å². The molecule has 0 saturated carbocycles. The summed E-state index contributed by atoms with van der Waals surface area (Å²) in [6.07, 6.45) is 2.00. The second-order valence-electron chi connectivity index (χ2n) is 3.02. The average Bonchev–Trinajstić information content (AvgIpc) is 2.54. The second-order valence-corrected chi connectivity index (χ2v) is 4.13. The van der Waals surface area contributed by atoms with Crippen LogP contribution in [0.1, 0.15) is 0 Å². The zero-order valence-electron chi connectivity index (χ0n) is 7.18. The topological polar surface area (TPSA) is 30.2 Å². The highest BCUT2D eigenvalue weighted by Crippen LogP contribution is 2.15. The molecule has 0 aliphatic carbocycles. The Morgan fingerprint density at radius 3 is 2.86 bits per heavy atom. The van der Waals surface area contributed by atoms with Crippen LogP contribution in [0.4, 0.5) is 0 Å². The van der Waals surface area contributed by atoms with E-state index < -0.39 is 0 Å². The first kappa shape index (κ1) is 8.16. The smallest absolute Gasteiger partial charge is 0.235 e. The van der Waals surface area contributed by atoms with Gasteiger partial charge in [-0.25, -0.2) is 9.97 Å². The fourth-order valence-corrected chi connectivity index (χ4v) is 1.90. The van der Waals surface area contributed by atoms with Crippen molar-refractivity contribution in [1.82, 2.24) is 14.4 Å². The first-order valence-electron chi connectivity index (χ1n) is 4.24. The van der Waals surface area contributed by atoms with E-state index in [4.69, 9.17) is 0 Å². The maximum atomic E-state index is 4.42. The third-order valence-electron chi connectivity index (χ3n) is 2.15. The molecule has 0 aliphatic heterocycles. The van der Waals surface area contributed by atoms with E-state index in [9.17, 15) is 0 Å². The fraction of sp³-hybridized carbons (Fsp3) is 0. The van der Waals surface area contributed by atoms with Gasteiger partial charge in [0, 0.05) is 6.20 Å². The van der Waals surface area contributed by atoms with E-state index in [1.807, 2.05) is 40.9 Å². The molecule has 0 atom stereocenters. The fourth-order valence-electron chi connectivity index (χ4n) is 1.53. The Bertz CT molecular complexity index is 615. The Kier molecular flexibility index (Phi) is 1.70. The van der Waals surface area contributed by atoms with Crippen molar-refractivity contribution < 1.29 is 0 Å². The van der Waals surface area contributed by atoms with Crippen molar-refractivity contribution in [3.8, 4) is 0 Å². The van der Waals surface area contributed by atoms with Gasteiger partial charge < -0.3 is 0 Å². The molecule has 0 N–H and O–H groups in total. The number of rotatable bonds is 0. The van der Waals surface area contributed by atoms with Crippen molar-refractivity contribution in [3.63, 3.8) is 0 Å². The van der Waals surface area contributed by atoms with E-state index in [1.54, 1.807) is 0 Å². The molecule has 14 heavy (non-hydrogen) atoms. The van der Waals surface area contributed by atoms with Crippen LogP contribution in [-0.2, 0) is 0 Å². The number of aromatic nitrogens is 3. The van der Waals surface area contributed by atoms with Crippen LogP contribution in [0.15, 0.2) is 36.5 Å². The predicted molar refractivity (Wildman–Crippen MR) is 63.2 cm³/mol. The van der Waals surface area contributed by atoms with Crippen LogP contribution in [0, 0.1) is 3.70 Å². The Morgan fingerprint density at radius 2 is 1.93 bits per heavy atom. The number of hydrogen-bond acceptors (Lipinski definition) is 2. The number of para-hydroxylation sites is 2. The maximum absolute atomic E-state index is 4.42. The Hall–Kier alpha value is -1.17. The van der Waals surface area contributed by atoms with Gasteiger partial charge in [-0.15, -0.1) is 0 Å². The second kappa shape index (κ2) is 2.91. The van der Waals surface area contributed by atoms with E-state index in [1.165, 1.54) is 0 Å². The first-order valence-corrected chi connectivity index (χ1v) is 5.32. The monoisotopic (exact) mass is 295 g/mol. The van der Waals surface area contributed by atoms with Crippen LogP contribution in [0.2, 0.25) is 0 Å². The molecule has 1 aromatic carbocycles. The van der Waals surface area contributed by atoms with Gasteiger partial charge in [0.05, 0.1) is 11.0 Å². The number of fused-ring (bicyclic) bond motifs is 3. The van der Waals surface area contributed by atoms with Crippen molar-refractivity contribution in [1.29, 1.82) is 0 Å².